The van der Waals surface area contributed by atoms with Crippen LogP contribution in [0.5, 0.6) is 0 Å². The number of unbranched alkanes of at least 4 members (excludes halogenated alkanes) is 1. The van der Waals surface area contributed by atoms with E-state index in [0.29, 0.717) is 38.8 Å². The summed E-state index contributed by atoms with van der Waals surface area (Å²) in [7, 11) is 0. The minimum absolute atomic E-state index is 0.160. The van der Waals surface area contributed by atoms with Gasteiger partial charge >= 0.3 is 0 Å². The second kappa shape index (κ2) is 20.9. The molecule has 0 aromatic rings. The van der Waals surface area contributed by atoms with Crippen molar-refractivity contribution < 1.29 is 19.2 Å². The maximum absolute atomic E-state index is 13.2. The summed E-state index contributed by atoms with van der Waals surface area (Å²) in [4.78, 5) is 49.1. The monoisotopic (exact) mass is 554 g/mol. The Hall–Kier alpha value is -4.15. The third-order valence-electron chi connectivity index (χ3n) is 5.33. The van der Waals surface area contributed by atoms with Crippen molar-refractivity contribution in [2.45, 2.75) is 69.5 Å². The zero-order valence-electron chi connectivity index (χ0n) is 22.2. The fraction of sp³-hybridized carbons (Fsp3) is 0.682. The maximum atomic E-state index is 13.2. The number of hydrogen-bond acceptors (Lipinski definition) is 8. The Morgan fingerprint density at radius 3 is 1.49 bits per heavy atom. The highest BCUT2D eigenvalue weighted by Crippen LogP contribution is 2.04. The van der Waals surface area contributed by atoms with E-state index in [0.717, 1.165) is 0 Å². The van der Waals surface area contributed by atoms with Gasteiger partial charge < -0.3 is 54.8 Å². The summed E-state index contributed by atoms with van der Waals surface area (Å²) in [5, 5.41) is 37.5. The van der Waals surface area contributed by atoms with Gasteiger partial charge in [-0.25, -0.2) is 0 Å². The van der Waals surface area contributed by atoms with Gasteiger partial charge in [0.2, 0.25) is 17.7 Å². The average molecular weight is 555 g/mol. The predicted octanol–water partition coefficient (Wildman–Crippen LogP) is -3.92. The van der Waals surface area contributed by atoms with E-state index in [4.69, 9.17) is 39.2 Å². The quantitative estimate of drug-likeness (QED) is 0.0369. The van der Waals surface area contributed by atoms with Crippen LogP contribution in [0.3, 0.4) is 0 Å². The van der Waals surface area contributed by atoms with Gasteiger partial charge in [-0.05, 0) is 44.9 Å². The third kappa shape index (κ3) is 18.7. The number of nitrogens with two attached hydrogens (primary N) is 4. The molecule has 0 bridgehead atoms. The molecule has 0 unspecified atom stereocenters. The van der Waals surface area contributed by atoms with Crippen LogP contribution in [0.4, 0.5) is 0 Å². The van der Waals surface area contributed by atoms with Crippen LogP contribution in [0.25, 0.3) is 0 Å². The van der Waals surface area contributed by atoms with Crippen LogP contribution in [0.2, 0.25) is 0 Å². The molecule has 0 aromatic carbocycles. The zero-order chi connectivity index (χ0) is 29.6. The molecule has 0 aliphatic rings. The topological polar surface area (TPSA) is 316 Å². The Balaban J connectivity index is 5.32. The first kappa shape index (κ1) is 34.9. The summed E-state index contributed by atoms with van der Waals surface area (Å²) in [6.45, 7) is 1.17. The molecule has 0 aliphatic heterocycles. The van der Waals surface area contributed by atoms with E-state index in [-0.39, 0.29) is 56.7 Å². The summed E-state index contributed by atoms with van der Waals surface area (Å²) in [5.74, 6) is -2.27. The van der Waals surface area contributed by atoms with Crippen LogP contribution >= 0.6 is 0 Å². The minimum atomic E-state index is -1.03. The van der Waals surface area contributed by atoms with Crippen LogP contribution in [-0.2, 0) is 19.2 Å². The highest BCUT2D eigenvalue weighted by Gasteiger charge is 2.27. The van der Waals surface area contributed by atoms with Crippen molar-refractivity contribution in [3.8, 4) is 0 Å². The summed E-state index contributed by atoms with van der Waals surface area (Å²) in [6.07, 6.45) is 4.20. The number of nitrogens with one attached hydrogen (secondary N) is 9. The van der Waals surface area contributed by atoms with Crippen molar-refractivity contribution in [2.75, 3.05) is 26.2 Å². The van der Waals surface area contributed by atoms with E-state index in [1.807, 2.05) is 0 Å². The highest BCUT2D eigenvalue weighted by molar-refractivity contribution is 5.93. The molecule has 0 spiro atoms. The molecule has 1 radical (unpaired) electrons. The number of hydrogen-bond donors (Lipinski definition) is 13. The molecule has 0 fully saturated rings. The molecular weight excluding hydrogens is 510 g/mol. The Morgan fingerprint density at radius 2 is 1.03 bits per heavy atom. The van der Waals surface area contributed by atoms with E-state index in [1.54, 1.807) is 6.29 Å². The molecule has 0 aromatic heterocycles. The van der Waals surface area contributed by atoms with E-state index in [2.05, 4.69) is 31.9 Å². The number of guanidine groups is 3. The van der Waals surface area contributed by atoms with E-state index >= 15 is 0 Å². The zero-order valence-corrected chi connectivity index (χ0v) is 22.2. The van der Waals surface area contributed by atoms with Gasteiger partial charge in [-0.1, -0.05) is 0 Å². The van der Waals surface area contributed by atoms with Gasteiger partial charge in [0.1, 0.15) is 12.1 Å². The van der Waals surface area contributed by atoms with E-state index < -0.39 is 35.8 Å². The first-order valence-corrected chi connectivity index (χ1v) is 12.7. The molecular formula is C22H44N13O4. The Kier molecular flexibility index (Phi) is 18.6. The van der Waals surface area contributed by atoms with Crippen molar-refractivity contribution >= 4 is 41.9 Å². The van der Waals surface area contributed by atoms with Crippen LogP contribution in [-0.4, -0.2) is 86.2 Å². The molecule has 17 heteroatoms. The Morgan fingerprint density at radius 1 is 0.615 bits per heavy atom. The van der Waals surface area contributed by atoms with Gasteiger partial charge in [0, 0.05) is 32.6 Å². The average Bonchev–Trinajstić information content (AvgIpc) is 2.87. The molecule has 39 heavy (non-hydrogen) atoms. The second-order valence-corrected chi connectivity index (χ2v) is 8.72. The van der Waals surface area contributed by atoms with Crippen LogP contribution in [0.15, 0.2) is 0 Å². The number of carbonyl (C=O) groups excluding carboxylic acids is 4. The summed E-state index contributed by atoms with van der Waals surface area (Å²) in [5.41, 5.74) is 21.8. The van der Waals surface area contributed by atoms with E-state index in [9.17, 15) is 19.2 Å². The predicted molar refractivity (Wildman–Crippen MR) is 147 cm³/mol. The van der Waals surface area contributed by atoms with Gasteiger partial charge in [-0.15, -0.1) is 0 Å². The lowest BCUT2D eigenvalue weighted by molar-refractivity contribution is -0.132. The molecule has 0 heterocycles. The fourth-order valence-electron chi connectivity index (χ4n) is 3.32. The molecule has 0 rings (SSSR count). The summed E-state index contributed by atoms with van der Waals surface area (Å²) in [6, 6.07) is -2.90. The lowest BCUT2D eigenvalue weighted by Crippen LogP contribution is -2.56. The molecule has 3 amide bonds. The first-order chi connectivity index (χ1) is 18.5. The minimum Gasteiger partial charge on any atom is -0.370 e. The smallest absolute Gasteiger partial charge is 0.243 e. The van der Waals surface area contributed by atoms with Crippen molar-refractivity contribution in [1.29, 1.82) is 16.2 Å². The largest absolute Gasteiger partial charge is 0.370 e. The highest BCUT2D eigenvalue weighted by atomic mass is 16.2. The summed E-state index contributed by atoms with van der Waals surface area (Å²) < 4.78 is 0. The van der Waals surface area contributed by atoms with Gasteiger partial charge in [0.25, 0.3) is 0 Å². The molecule has 17 nitrogen and oxygen atoms in total. The second-order valence-electron chi connectivity index (χ2n) is 8.72. The molecule has 0 saturated heterocycles. The van der Waals surface area contributed by atoms with Gasteiger partial charge in [0.05, 0.1) is 6.04 Å². The Bertz CT molecular complexity index is 824. The van der Waals surface area contributed by atoms with Crippen LogP contribution in [0, 0.1) is 16.2 Å². The third-order valence-corrected chi connectivity index (χ3v) is 5.33. The molecule has 3 atom stereocenters. The number of carbonyl (C=O) groups is 3. The lowest BCUT2D eigenvalue weighted by atomic mass is 10.1. The van der Waals surface area contributed by atoms with Gasteiger partial charge in [-0.3, -0.25) is 35.4 Å². The van der Waals surface area contributed by atoms with Crippen molar-refractivity contribution in [2.24, 2.45) is 22.9 Å². The van der Waals surface area contributed by atoms with Crippen molar-refractivity contribution in [3.63, 3.8) is 0 Å². The Labute approximate surface area is 228 Å². The number of amides is 3. The van der Waals surface area contributed by atoms with Crippen LogP contribution < -0.4 is 54.8 Å². The van der Waals surface area contributed by atoms with Crippen molar-refractivity contribution in [1.82, 2.24) is 31.9 Å². The SMILES string of the molecule is N=C(N)NCCC[C@@H](N)C(=O)N[C@H](CCCNC(=N)N)C(=O)N[C@H](CCCNC(=N)N)C(=O)NCCC[C]=O. The van der Waals surface area contributed by atoms with Gasteiger partial charge in [-0.2, -0.15) is 0 Å². The lowest BCUT2D eigenvalue weighted by Gasteiger charge is -2.24. The molecule has 0 saturated carbocycles. The molecule has 17 N–H and O–H groups in total. The van der Waals surface area contributed by atoms with Crippen LogP contribution in [0.1, 0.15) is 51.4 Å². The van der Waals surface area contributed by atoms with Crippen molar-refractivity contribution in [3.05, 3.63) is 0 Å². The van der Waals surface area contributed by atoms with E-state index in [1.165, 1.54) is 0 Å². The first-order valence-electron chi connectivity index (χ1n) is 12.7. The molecule has 221 valence electrons. The normalized spacial score (nSPS) is 12.6. The number of rotatable bonds is 21. The fourth-order valence-corrected chi connectivity index (χ4v) is 3.32. The maximum Gasteiger partial charge on any atom is 0.243 e. The summed E-state index contributed by atoms with van der Waals surface area (Å²) >= 11 is 0. The van der Waals surface area contributed by atoms with Gasteiger partial charge in [0.15, 0.2) is 24.2 Å². The molecule has 0 aliphatic carbocycles. The standard InChI is InChI=1S/C22H44N13O4/c23-14(6-3-10-31-20(24)25)17(37)34-16(8-5-12-33-22(28)29)19(39)35-15(7-4-11-32-21(26)27)18(38)30-9-1-2-13-36/h14-16H,1-12,23H2,(H,30,38)(H,34,37)(H,35,39)(H4,24,25,31)(H4,26,27,32)(H4,28,29,33)/t14-,15-,16-/m1/s1.